The second-order valence-corrected chi connectivity index (χ2v) is 15.2. The lowest BCUT2D eigenvalue weighted by atomic mass is 9.77. The van der Waals surface area contributed by atoms with Gasteiger partial charge in [-0.3, -0.25) is 4.55 Å². The predicted molar refractivity (Wildman–Crippen MR) is 223 cm³/mol. The monoisotopic (exact) mass is 812 g/mol. The Morgan fingerprint density at radius 1 is 0.655 bits per heavy atom. The second kappa shape index (κ2) is 20.3. The molecule has 4 aromatic carbocycles. The number of imidazole rings is 1. The van der Waals surface area contributed by atoms with Crippen molar-refractivity contribution in [1.29, 1.82) is 0 Å². The summed E-state index contributed by atoms with van der Waals surface area (Å²) < 4.78 is 65.0. The third-order valence-corrected chi connectivity index (χ3v) is 9.95. The number of fused-ring (bicyclic) bond motifs is 3. The van der Waals surface area contributed by atoms with Crippen LogP contribution in [0.3, 0.4) is 0 Å². The quantitative estimate of drug-likeness (QED) is 0.0362. The zero-order chi connectivity index (χ0) is 40.9. The summed E-state index contributed by atoms with van der Waals surface area (Å²) >= 11 is 0. The van der Waals surface area contributed by atoms with Gasteiger partial charge >= 0.3 is 10.4 Å². The fourth-order valence-electron chi connectivity index (χ4n) is 6.95. The minimum atomic E-state index is -4.47. The molecule has 0 saturated heterocycles. The van der Waals surface area contributed by atoms with Gasteiger partial charge in [0.1, 0.15) is 23.5 Å². The van der Waals surface area contributed by atoms with Crippen LogP contribution in [-0.2, 0) is 57.0 Å². The van der Waals surface area contributed by atoms with Crippen molar-refractivity contribution in [3.05, 3.63) is 138 Å². The number of benzene rings is 4. The molecule has 308 valence electrons. The molecule has 0 aliphatic carbocycles. The van der Waals surface area contributed by atoms with E-state index in [2.05, 4.69) is 107 Å². The third-order valence-electron chi connectivity index (χ3n) is 9.49. The van der Waals surface area contributed by atoms with E-state index < -0.39 is 21.5 Å². The summed E-state index contributed by atoms with van der Waals surface area (Å²) in [5.74, 6) is 1.41. The molecular weight excluding hydrogens is 761 g/mol. The second-order valence-electron chi connectivity index (χ2n) is 14.1. The molecule has 0 unspecified atom stereocenters. The van der Waals surface area contributed by atoms with Crippen LogP contribution in [0.25, 0.3) is 21.9 Å². The zero-order valence-electron chi connectivity index (χ0n) is 33.2. The molecule has 2 heterocycles. The summed E-state index contributed by atoms with van der Waals surface area (Å²) in [6.45, 7) is 9.16. The minimum Gasteiger partial charge on any atom is -0.377 e. The number of para-hydroxylation sites is 1. The van der Waals surface area contributed by atoms with Crippen LogP contribution in [0.15, 0.2) is 115 Å². The van der Waals surface area contributed by atoms with Gasteiger partial charge in [0.25, 0.3) is 0 Å². The number of anilines is 1. The van der Waals surface area contributed by atoms with E-state index in [1.165, 1.54) is 0 Å². The number of hydrogen-bond donors (Lipinski definition) is 2. The SMILES string of the molecule is CCOCc1nc2c(NC(c3ccccc3)(c3ccccc3)c3ccccc3)nc3ccccc3c2n1CC(C)(C)OCCOCCOCCOCCOS(=O)(=O)O. The molecule has 0 saturated carbocycles. The first-order valence-electron chi connectivity index (χ1n) is 19.4. The molecule has 6 aromatic rings. The lowest BCUT2D eigenvalue weighted by molar-refractivity contribution is -0.0616. The maximum absolute atomic E-state index is 10.6. The number of pyridine rings is 1. The molecule has 0 atom stereocenters. The van der Waals surface area contributed by atoms with Gasteiger partial charge in [-0.2, -0.15) is 8.42 Å². The van der Waals surface area contributed by atoms with Crippen molar-refractivity contribution in [1.82, 2.24) is 14.5 Å². The molecule has 58 heavy (non-hydrogen) atoms. The van der Waals surface area contributed by atoms with E-state index in [4.69, 9.17) is 38.2 Å². The summed E-state index contributed by atoms with van der Waals surface area (Å²) in [5, 5.41) is 4.96. The maximum atomic E-state index is 10.6. The maximum Gasteiger partial charge on any atom is 0.397 e. The lowest BCUT2D eigenvalue weighted by Gasteiger charge is -2.37. The number of nitrogens with zero attached hydrogens (tertiary/aromatic N) is 3. The molecule has 0 aliphatic heterocycles. The first-order valence-corrected chi connectivity index (χ1v) is 20.8. The van der Waals surface area contributed by atoms with Crippen molar-refractivity contribution in [3.63, 3.8) is 0 Å². The summed E-state index contributed by atoms with van der Waals surface area (Å²) in [7, 11) is -4.47. The van der Waals surface area contributed by atoms with Crippen molar-refractivity contribution >= 4 is 38.2 Å². The molecule has 0 aliphatic rings. The van der Waals surface area contributed by atoms with E-state index in [1.54, 1.807) is 0 Å². The van der Waals surface area contributed by atoms with Crippen LogP contribution >= 0.6 is 0 Å². The Hall–Kier alpha value is -4.77. The highest BCUT2D eigenvalue weighted by Gasteiger charge is 2.38. The predicted octanol–water partition coefficient (Wildman–Crippen LogP) is 7.19. The highest BCUT2D eigenvalue weighted by atomic mass is 32.3. The molecule has 0 amide bonds. The van der Waals surface area contributed by atoms with E-state index in [9.17, 15) is 8.42 Å². The fourth-order valence-corrected chi connectivity index (χ4v) is 7.22. The van der Waals surface area contributed by atoms with Gasteiger partial charge in [-0.25, -0.2) is 14.2 Å². The number of nitrogens with one attached hydrogen (secondary N) is 1. The van der Waals surface area contributed by atoms with E-state index in [1.807, 2.05) is 43.3 Å². The molecule has 0 fully saturated rings. The summed E-state index contributed by atoms with van der Waals surface area (Å²) in [5.41, 5.74) is 4.24. The summed E-state index contributed by atoms with van der Waals surface area (Å²) in [6, 6.07) is 39.5. The Morgan fingerprint density at radius 2 is 1.16 bits per heavy atom. The van der Waals surface area contributed by atoms with Crippen LogP contribution in [0.5, 0.6) is 0 Å². The van der Waals surface area contributed by atoms with Crippen LogP contribution in [0.4, 0.5) is 5.82 Å². The van der Waals surface area contributed by atoms with Gasteiger partial charge in [-0.15, -0.1) is 0 Å². The van der Waals surface area contributed by atoms with E-state index in [0.29, 0.717) is 58.6 Å². The normalized spacial score (nSPS) is 12.4. The third kappa shape index (κ3) is 11.0. The summed E-state index contributed by atoms with van der Waals surface area (Å²) in [6.07, 6.45) is 0. The van der Waals surface area contributed by atoms with Gasteiger partial charge < -0.3 is 33.6 Å². The van der Waals surface area contributed by atoms with E-state index in [0.717, 1.165) is 44.5 Å². The van der Waals surface area contributed by atoms with Crippen LogP contribution in [-0.4, -0.2) is 92.6 Å². The Bertz CT molecular complexity index is 2190. The van der Waals surface area contributed by atoms with Crippen LogP contribution < -0.4 is 5.32 Å². The largest absolute Gasteiger partial charge is 0.397 e. The van der Waals surface area contributed by atoms with Crippen LogP contribution in [0.1, 0.15) is 43.3 Å². The highest BCUT2D eigenvalue weighted by molar-refractivity contribution is 7.80. The number of hydrogen-bond acceptors (Lipinski definition) is 11. The topological polar surface area (TPSA) is 152 Å². The van der Waals surface area contributed by atoms with Crippen LogP contribution in [0.2, 0.25) is 0 Å². The lowest BCUT2D eigenvalue weighted by Crippen LogP contribution is -2.38. The van der Waals surface area contributed by atoms with E-state index in [-0.39, 0.29) is 19.8 Å². The highest BCUT2D eigenvalue weighted by Crippen LogP contribution is 2.42. The smallest absolute Gasteiger partial charge is 0.377 e. The molecule has 14 heteroatoms. The standard InChI is InChI=1S/C44H52N4O9S/c1-4-52-32-39-46-40-41(48(39)33-43(2,3)56-30-28-54-26-24-53-25-27-55-29-31-57-58(49,50)51)37-22-14-15-23-38(37)45-42(40)47-44(34-16-8-5-9-17-34,35-18-10-6-11-19-35)36-20-12-7-13-21-36/h5-23H,4,24-33H2,1-3H3,(H,45,47)(H,49,50,51). The number of rotatable bonds is 24. The average Bonchev–Trinajstić information content (AvgIpc) is 3.58. The molecule has 0 spiro atoms. The van der Waals surface area contributed by atoms with Crippen molar-refractivity contribution in [2.75, 3.05) is 64.8 Å². The number of ether oxygens (including phenoxy) is 5. The van der Waals surface area contributed by atoms with Crippen molar-refractivity contribution < 1.29 is 40.8 Å². The van der Waals surface area contributed by atoms with Gasteiger partial charge in [-0.05, 0) is 43.5 Å². The molecule has 2 N–H and O–H groups in total. The van der Waals surface area contributed by atoms with Crippen molar-refractivity contribution in [2.24, 2.45) is 0 Å². The minimum absolute atomic E-state index is 0.0113. The average molecular weight is 813 g/mol. The first-order chi connectivity index (χ1) is 28.1. The van der Waals surface area contributed by atoms with Gasteiger partial charge in [0.05, 0.1) is 76.0 Å². The molecular formula is C44H52N4O9S. The van der Waals surface area contributed by atoms with Crippen molar-refractivity contribution in [3.8, 4) is 0 Å². The Labute approximate surface area is 340 Å². The van der Waals surface area contributed by atoms with Gasteiger partial charge in [0.2, 0.25) is 0 Å². The Balaban J connectivity index is 1.24. The molecule has 0 bridgehead atoms. The fraction of sp³-hybridized carbons (Fsp3) is 0.364. The number of aromatic nitrogens is 3. The van der Waals surface area contributed by atoms with Gasteiger partial charge in [0, 0.05) is 12.0 Å². The molecule has 13 nitrogen and oxygen atoms in total. The molecule has 2 aromatic heterocycles. The Kier molecular flexibility index (Phi) is 15.0. The van der Waals surface area contributed by atoms with Gasteiger partial charge in [-0.1, -0.05) is 109 Å². The van der Waals surface area contributed by atoms with Crippen LogP contribution in [0, 0.1) is 0 Å². The van der Waals surface area contributed by atoms with Gasteiger partial charge in [0.15, 0.2) is 5.82 Å². The Morgan fingerprint density at radius 3 is 1.69 bits per heavy atom. The zero-order valence-corrected chi connectivity index (χ0v) is 34.0. The van der Waals surface area contributed by atoms with Crippen molar-refractivity contribution in [2.45, 2.75) is 45.1 Å². The summed E-state index contributed by atoms with van der Waals surface area (Å²) in [4.78, 5) is 10.6. The molecule has 0 radical (unpaired) electrons. The first kappa shape index (κ1) is 42.8. The van der Waals surface area contributed by atoms with E-state index >= 15 is 0 Å². The molecule has 6 rings (SSSR count).